The molecule has 0 aliphatic rings. The van der Waals surface area contributed by atoms with E-state index in [1.54, 1.807) is 0 Å². The Bertz CT molecular complexity index is 139. The van der Waals surface area contributed by atoms with Gasteiger partial charge in [-0.2, -0.15) is 0 Å². The van der Waals surface area contributed by atoms with Gasteiger partial charge in [-0.05, 0) is 55.4 Å². The van der Waals surface area contributed by atoms with Gasteiger partial charge in [-0.1, -0.05) is 0 Å². The third kappa shape index (κ3) is 16.1. The second-order valence-corrected chi connectivity index (χ2v) is 5.21. The van der Waals surface area contributed by atoms with Crippen LogP contribution < -0.4 is 0 Å². The number of rotatable bonds is 8. The van der Waals surface area contributed by atoms with Crippen molar-refractivity contribution in [2.75, 3.05) is 52.4 Å². The molecule has 0 saturated heterocycles. The summed E-state index contributed by atoms with van der Waals surface area (Å²) >= 11 is 0. The Morgan fingerprint density at radius 2 is 0.478 bits per heavy atom. The first-order chi connectivity index (χ1) is 8.49. The molecule has 0 aromatic carbocycles. The van der Waals surface area contributed by atoms with Crippen LogP contribution in [0.5, 0.6) is 0 Å². The Morgan fingerprint density at radius 1 is 0.391 bits per heavy atom. The maximum absolute atomic E-state index is 2.27. The van der Waals surface area contributed by atoms with Gasteiger partial charge in [0, 0.05) is 21.1 Å². The van der Waals surface area contributed by atoms with E-state index in [2.05, 4.69) is 55.4 Å². The first kappa shape index (κ1) is 43.9. The summed E-state index contributed by atoms with van der Waals surface area (Å²) < 4.78 is 2.56. The Labute approximate surface area is 167 Å². The van der Waals surface area contributed by atoms with Gasteiger partial charge in [0.15, 0.2) is 0 Å². The molecule has 0 bridgehead atoms. The van der Waals surface area contributed by atoms with Crippen molar-refractivity contribution in [3.8, 4) is 0 Å². The predicted octanol–water partition coefficient (Wildman–Crippen LogP) is 3.40. The number of hydrogen-bond acceptors (Lipinski definition) is 0. The molecular formula is C16H40MoN2O3S-6. The van der Waals surface area contributed by atoms with E-state index in [9.17, 15) is 0 Å². The summed E-state index contributed by atoms with van der Waals surface area (Å²) in [6.07, 6.45) is 0. The SMILES string of the molecule is CC[N+](CC)(CC)CC.CC[N+](CC)(CC)CC.[Mo].[O-2].[O-2].[O-2].[S-2]. The fourth-order valence-electron chi connectivity index (χ4n) is 2.68. The fraction of sp³-hybridized carbons (Fsp3) is 1.00. The summed E-state index contributed by atoms with van der Waals surface area (Å²) in [4.78, 5) is 0. The summed E-state index contributed by atoms with van der Waals surface area (Å²) in [6, 6.07) is 0. The zero-order chi connectivity index (χ0) is 14.7. The third-order valence-electron chi connectivity index (χ3n) is 5.37. The average Bonchev–Trinajstić information content (AvgIpc) is 2.46. The molecule has 5 nitrogen and oxygen atoms in total. The fourth-order valence-corrected chi connectivity index (χ4v) is 2.68. The first-order valence-electron chi connectivity index (χ1n) is 8.19. The van der Waals surface area contributed by atoms with Crippen LogP contribution in [-0.4, -0.2) is 61.3 Å². The summed E-state index contributed by atoms with van der Waals surface area (Å²) in [5.41, 5.74) is 0. The molecule has 0 atom stereocenters. The van der Waals surface area contributed by atoms with E-state index in [-0.39, 0.29) is 51.0 Å². The van der Waals surface area contributed by atoms with Gasteiger partial charge in [-0.25, -0.2) is 0 Å². The van der Waals surface area contributed by atoms with Gasteiger partial charge >= 0.3 is 0 Å². The van der Waals surface area contributed by atoms with Gasteiger partial charge < -0.3 is 38.9 Å². The Morgan fingerprint density at radius 3 is 0.478 bits per heavy atom. The minimum Gasteiger partial charge on any atom is -2.00 e. The molecule has 0 rings (SSSR count). The minimum absolute atomic E-state index is 0. The van der Waals surface area contributed by atoms with Gasteiger partial charge in [0.05, 0.1) is 52.4 Å². The third-order valence-corrected chi connectivity index (χ3v) is 5.37. The van der Waals surface area contributed by atoms with E-state index in [0.29, 0.717) is 0 Å². The topological polar surface area (TPSA) is 85.5 Å². The quantitative estimate of drug-likeness (QED) is 0.413. The normalized spacial score (nSPS) is 9.39. The summed E-state index contributed by atoms with van der Waals surface area (Å²) in [6.45, 7) is 28.4. The standard InChI is InChI=1S/2C8H20N.Mo.3O.S/c2*1-5-9(6-2,7-3)8-4;;;;;/h2*5-8H2,1-4H3;;;;;/q2*+1;;4*-2. The van der Waals surface area contributed by atoms with Crippen molar-refractivity contribution in [1.29, 1.82) is 0 Å². The van der Waals surface area contributed by atoms with Crippen molar-refractivity contribution in [3.05, 3.63) is 0 Å². The molecule has 0 radical (unpaired) electrons. The summed E-state index contributed by atoms with van der Waals surface area (Å²) in [5, 5.41) is 0. The zero-order valence-electron chi connectivity index (χ0n) is 16.6. The van der Waals surface area contributed by atoms with E-state index >= 15 is 0 Å². The molecule has 150 valence electrons. The number of nitrogens with zero attached hydrogens (tertiary/aromatic N) is 2. The van der Waals surface area contributed by atoms with Crippen molar-refractivity contribution >= 4 is 13.5 Å². The predicted molar refractivity (Wildman–Crippen MR) is 94.3 cm³/mol. The van der Waals surface area contributed by atoms with Crippen molar-refractivity contribution in [1.82, 2.24) is 0 Å². The summed E-state index contributed by atoms with van der Waals surface area (Å²) in [5.74, 6) is 0. The molecule has 0 aliphatic heterocycles. The smallest absolute Gasteiger partial charge is 0.0757 e. The van der Waals surface area contributed by atoms with Gasteiger partial charge in [-0.3, -0.25) is 0 Å². The zero-order valence-corrected chi connectivity index (χ0v) is 19.4. The van der Waals surface area contributed by atoms with Crippen LogP contribution in [0, 0.1) is 0 Å². The Hall–Kier alpha value is 0.838. The molecule has 0 aliphatic carbocycles. The molecule has 23 heavy (non-hydrogen) atoms. The molecule has 0 unspecified atom stereocenters. The van der Waals surface area contributed by atoms with Gasteiger partial charge in [0.2, 0.25) is 0 Å². The second-order valence-electron chi connectivity index (χ2n) is 5.21. The molecule has 0 amide bonds. The van der Waals surface area contributed by atoms with Crippen LogP contribution in [0.15, 0.2) is 0 Å². The van der Waals surface area contributed by atoms with Gasteiger partial charge in [0.25, 0.3) is 0 Å². The van der Waals surface area contributed by atoms with Crippen molar-refractivity contribution in [2.24, 2.45) is 0 Å². The van der Waals surface area contributed by atoms with E-state index in [1.807, 2.05) is 0 Å². The number of quaternary nitrogens is 2. The largest absolute Gasteiger partial charge is 2.00 e. The second kappa shape index (κ2) is 25.1. The molecular weight excluding hydrogens is 396 g/mol. The molecule has 0 aromatic rings. The van der Waals surface area contributed by atoms with E-state index in [0.717, 1.165) is 0 Å². The maximum atomic E-state index is 2.27. The molecule has 7 heteroatoms. The van der Waals surface area contributed by atoms with Crippen molar-refractivity contribution in [2.45, 2.75) is 55.4 Å². The minimum atomic E-state index is 0. The van der Waals surface area contributed by atoms with Crippen LogP contribution in [0.25, 0.3) is 0 Å². The van der Waals surface area contributed by atoms with Crippen LogP contribution in [0.3, 0.4) is 0 Å². The van der Waals surface area contributed by atoms with Crippen LogP contribution in [0.2, 0.25) is 0 Å². The molecule has 0 aromatic heterocycles. The Balaban J connectivity index is -0.0000000366. The molecule has 0 saturated carbocycles. The first-order valence-corrected chi connectivity index (χ1v) is 8.19. The van der Waals surface area contributed by atoms with E-state index in [4.69, 9.17) is 0 Å². The van der Waals surface area contributed by atoms with Crippen LogP contribution in [-0.2, 0) is 51.0 Å². The monoisotopic (exact) mass is 438 g/mol. The molecule has 0 spiro atoms. The Kier molecular flexibility index (Phi) is 47.8. The average molecular weight is 437 g/mol. The van der Waals surface area contributed by atoms with Crippen LogP contribution in [0.1, 0.15) is 55.4 Å². The van der Waals surface area contributed by atoms with Crippen molar-refractivity contribution in [3.63, 3.8) is 0 Å². The molecule has 0 fully saturated rings. The van der Waals surface area contributed by atoms with Crippen LogP contribution in [0.4, 0.5) is 0 Å². The number of hydrogen-bond donors (Lipinski definition) is 0. The molecule has 0 N–H and O–H groups in total. The summed E-state index contributed by atoms with van der Waals surface area (Å²) in [7, 11) is 0. The maximum Gasteiger partial charge on any atom is 0.0757 e. The van der Waals surface area contributed by atoms with Gasteiger partial charge in [-0.15, -0.1) is 0 Å². The van der Waals surface area contributed by atoms with Crippen LogP contribution >= 0.6 is 0 Å². The van der Waals surface area contributed by atoms with Gasteiger partial charge in [0.1, 0.15) is 0 Å². The van der Waals surface area contributed by atoms with Crippen molar-refractivity contribution < 1.29 is 46.5 Å². The van der Waals surface area contributed by atoms with E-state index < -0.39 is 0 Å². The van der Waals surface area contributed by atoms with E-state index in [1.165, 1.54) is 61.3 Å². The molecule has 0 heterocycles.